The zero-order valence-corrected chi connectivity index (χ0v) is 9.62. The molecule has 0 amide bonds. The molecule has 0 fully saturated rings. The van der Waals surface area contributed by atoms with Crippen LogP contribution in [0.25, 0.3) is 0 Å². The zero-order valence-electron chi connectivity index (χ0n) is 9.62. The lowest BCUT2D eigenvalue weighted by molar-refractivity contribution is -0.384. The fourth-order valence-electron chi connectivity index (χ4n) is 1.46. The molecule has 1 aromatic heterocycles. The first-order valence-corrected chi connectivity index (χ1v) is 5.16. The van der Waals surface area contributed by atoms with E-state index in [1.54, 1.807) is 18.2 Å². The van der Waals surface area contributed by atoms with Crippen LogP contribution in [0.1, 0.15) is 5.69 Å². The Hall–Kier alpha value is -2.57. The molecule has 2 aromatic rings. The monoisotopic (exact) mass is 249 g/mol. The highest BCUT2D eigenvalue weighted by atomic mass is 16.6. The van der Waals surface area contributed by atoms with Gasteiger partial charge in [0.15, 0.2) is 0 Å². The van der Waals surface area contributed by atoms with Crippen molar-refractivity contribution in [1.82, 2.24) is 5.16 Å². The van der Waals surface area contributed by atoms with E-state index in [0.717, 1.165) is 0 Å². The van der Waals surface area contributed by atoms with Crippen molar-refractivity contribution in [1.29, 1.82) is 0 Å². The van der Waals surface area contributed by atoms with Crippen molar-refractivity contribution in [3.8, 4) is 5.75 Å². The third-order valence-corrected chi connectivity index (χ3v) is 2.35. The predicted octanol–water partition coefficient (Wildman–Crippen LogP) is 2.20. The molecule has 2 rings (SSSR count). The van der Waals surface area contributed by atoms with Crippen molar-refractivity contribution >= 4 is 11.4 Å². The maximum absolute atomic E-state index is 10.9. The number of nitro groups is 1. The fourth-order valence-corrected chi connectivity index (χ4v) is 1.46. The maximum atomic E-state index is 10.9. The summed E-state index contributed by atoms with van der Waals surface area (Å²) in [6, 6.07) is 6.18. The zero-order chi connectivity index (χ0) is 13.0. The molecule has 0 aliphatic rings. The van der Waals surface area contributed by atoms with Crippen LogP contribution >= 0.6 is 0 Å². The van der Waals surface area contributed by atoms with Gasteiger partial charge < -0.3 is 14.6 Å². The Labute approximate surface area is 103 Å². The Kier molecular flexibility index (Phi) is 3.42. The Bertz CT molecular complexity index is 539. The molecule has 0 atom stereocenters. The predicted molar refractivity (Wildman–Crippen MR) is 63.5 cm³/mol. The summed E-state index contributed by atoms with van der Waals surface area (Å²) in [6.45, 7) is 0.338. The molecule has 1 N–H and O–H groups in total. The maximum Gasteiger partial charge on any atom is 0.292 e. The van der Waals surface area contributed by atoms with Crippen LogP contribution in [0.2, 0.25) is 0 Å². The van der Waals surface area contributed by atoms with Crippen LogP contribution in [-0.2, 0) is 6.54 Å². The second-order valence-corrected chi connectivity index (χ2v) is 3.48. The highest BCUT2D eigenvalue weighted by Crippen LogP contribution is 2.29. The van der Waals surface area contributed by atoms with Gasteiger partial charge in [0.05, 0.1) is 18.6 Å². The van der Waals surface area contributed by atoms with Crippen LogP contribution in [0.5, 0.6) is 5.75 Å². The van der Waals surface area contributed by atoms with E-state index in [1.165, 1.54) is 19.4 Å². The average molecular weight is 249 g/mol. The van der Waals surface area contributed by atoms with Crippen LogP contribution in [0, 0.1) is 10.1 Å². The highest BCUT2D eigenvalue weighted by molar-refractivity contribution is 5.64. The summed E-state index contributed by atoms with van der Waals surface area (Å²) in [4.78, 5) is 10.4. The standard InChI is InChI=1S/C11H11N3O4/c1-17-9-2-3-11(14(15)16)10(6-9)12-7-8-4-5-18-13-8/h2-6,12H,7H2,1H3. The molecule has 0 aliphatic carbocycles. The summed E-state index contributed by atoms with van der Waals surface area (Å²) < 4.78 is 9.71. The first kappa shape index (κ1) is 11.9. The Morgan fingerprint density at radius 1 is 1.50 bits per heavy atom. The number of nitrogens with one attached hydrogen (secondary N) is 1. The van der Waals surface area contributed by atoms with Gasteiger partial charge in [-0.15, -0.1) is 0 Å². The number of nitrogens with zero attached hydrogens (tertiary/aromatic N) is 2. The second-order valence-electron chi connectivity index (χ2n) is 3.48. The van der Waals surface area contributed by atoms with Gasteiger partial charge in [0.25, 0.3) is 5.69 Å². The van der Waals surface area contributed by atoms with E-state index in [-0.39, 0.29) is 5.69 Å². The first-order chi connectivity index (χ1) is 8.70. The minimum absolute atomic E-state index is 0.0145. The number of hydrogen-bond acceptors (Lipinski definition) is 6. The minimum Gasteiger partial charge on any atom is -0.497 e. The van der Waals surface area contributed by atoms with Gasteiger partial charge in [-0.05, 0) is 6.07 Å². The van der Waals surface area contributed by atoms with Crippen LogP contribution in [0.3, 0.4) is 0 Å². The van der Waals surface area contributed by atoms with Crippen molar-refractivity contribution < 1.29 is 14.2 Å². The lowest BCUT2D eigenvalue weighted by atomic mass is 10.2. The van der Waals surface area contributed by atoms with Crippen molar-refractivity contribution in [3.63, 3.8) is 0 Å². The van der Waals surface area contributed by atoms with Gasteiger partial charge in [0, 0.05) is 18.2 Å². The van der Waals surface area contributed by atoms with Gasteiger partial charge in [0.1, 0.15) is 23.4 Å². The molecule has 94 valence electrons. The topological polar surface area (TPSA) is 90.4 Å². The lowest BCUT2D eigenvalue weighted by Crippen LogP contribution is -2.03. The van der Waals surface area contributed by atoms with E-state index in [0.29, 0.717) is 23.7 Å². The van der Waals surface area contributed by atoms with E-state index < -0.39 is 4.92 Å². The third kappa shape index (κ3) is 2.57. The van der Waals surface area contributed by atoms with E-state index in [1.807, 2.05) is 0 Å². The summed E-state index contributed by atoms with van der Waals surface area (Å²) in [5.41, 5.74) is 1.02. The third-order valence-electron chi connectivity index (χ3n) is 2.35. The van der Waals surface area contributed by atoms with Crippen LogP contribution in [0.4, 0.5) is 11.4 Å². The number of methoxy groups -OCH3 is 1. The van der Waals surface area contributed by atoms with Gasteiger partial charge >= 0.3 is 0 Å². The molecule has 0 radical (unpaired) electrons. The number of benzene rings is 1. The molecule has 7 nitrogen and oxygen atoms in total. The number of anilines is 1. The van der Waals surface area contributed by atoms with Crippen molar-refractivity contribution in [3.05, 3.63) is 46.3 Å². The normalized spacial score (nSPS) is 10.1. The quantitative estimate of drug-likeness (QED) is 0.645. The number of aromatic nitrogens is 1. The van der Waals surface area contributed by atoms with Gasteiger partial charge in [-0.3, -0.25) is 10.1 Å². The SMILES string of the molecule is COc1ccc([N+](=O)[O-])c(NCc2ccon2)c1. The number of ether oxygens (including phenoxy) is 1. The van der Waals surface area contributed by atoms with E-state index in [4.69, 9.17) is 4.74 Å². The van der Waals surface area contributed by atoms with Gasteiger partial charge in [0.2, 0.25) is 0 Å². The molecule has 0 spiro atoms. The molecule has 0 unspecified atom stereocenters. The van der Waals surface area contributed by atoms with Crippen molar-refractivity contribution in [2.24, 2.45) is 0 Å². The molecule has 0 bridgehead atoms. The Morgan fingerprint density at radius 2 is 2.33 bits per heavy atom. The molecule has 1 heterocycles. The van der Waals surface area contributed by atoms with E-state index in [2.05, 4.69) is 15.0 Å². The van der Waals surface area contributed by atoms with Gasteiger partial charge in [-0.2, -0.15) is 0 Å². The molecule has 0 saturated carbocycles. The number of rotatable bonds is 5. The first-order valence-electron chi connectivity index (χ1n) is 5.16. The Morgan fingerprint density at radius 3 is 2.94 bits per heavy atom. The van der Waals surface area contributed by atoms with Gasteiger partial charge in [-0.1, -0.05) is 5.16 Å². The van der Waals surface area contributed by atoms with E-state index >= 15 is 0 Å². The number of nitro benzene ring substituents is 1. The average Bonchev–Trinajstić information content (AvgIpc) is 2.88. The summed E-state index contributed by atoms with van der Waals surface area (Å²) in [5, 5.41) is 17.5. The molecule has 1 aromatic carbocycles. The van der Waals surface area contributed by atoms with Crippen LogP contribution < -0.4 is 10.1 Å². The molecule has 18 heavy (non-hydrogen) atoms. The second kappa shape index (κ2) is 5.17. The number of hydrogen-bond donors (Lipinski definition) is 1. The van der Waals surface area contributed by atoms with Crippen molar-refractivity contribution in [2.45, 2.75) is 6.54 Å². The molecule has 7 heteroatoms. The van der Waals surface area contributed by atoms with E-state index in [9.17, 15) is 10.1 Å². The minimum atomic E-state index is -0.454. The van der Waals surface area contributed by atoms with Crippen LogP contribution in [-0.4, -0.2) is 17.2 Å². The summed E-state index contributed by atoms with van der Waals surface area (Å²) >= 11 is 0. The molecular formula is C11H11N3O4. The smallest absolute Gasteiger partial charge is 0.292 e. The molecule has 0 saturated heterocycles. The lowest BCUT2D eigenvalue weighted by Gasteiger charge is -2.07. The summed E-state index contributed by atoms with van der Waals surface area (Å²) in [5.74, 6) is 0.545. The van der Waals surface area contributed by atoms with Gasteiger partial charge in [-0.25, -0.2) is 0 Å². The van der Waals surface area contributed by atoms with Crippen molar-refractivity contribution in [2.75, 3.05) is 12.4 Å². The molecular weight excluding hydrogens is 238 g/mol. The highest BCUT2D eigenvalue weighted by Gasteiger charge is 2.14. The summed E-state index contributed by atoms with van der Waals surface area (Å²) in [7, 11) is 1.50. The largest absolute Gasteiger partial charge is 0.497 e. The van der Waals surface area contributed by atoms with Crippen LogP contribution in [0.15, 0.2) is 35.1 Å². The summed E-state index contributed by atoms with van der Waals surface area (Å²) in [6.07, 6.45) is 1.44. The molecule has 0 aliphatic heterocycles. The fraction of sp³-hybridized carbons (Fsp3) is 0.182. The Balaban J connectivity index is 2.20.